The lowest BCUT2D eigenvalue weighted by Crippen LogP contribution is -2.56. The highest BCUT2D eigenvalue weighted by Crippen LogP contribution is 2.47. The van der Waals surface area contributed by atoms with Crippen molar-refractivity contribution in [2.45, 2.75) is 96.5 Å². The van der Waals surface area contributed by atoms with Crippen molar-refractivity contribution in [3.05, 3.63) is 35.4 Å². The van der Waals surface area contributed by atoms with Crippen LogP contribution in [0.25, 0.3) is 0 Å². The number of nitrogens with zero attached hydrogens (tertiary/aromatic N) is 1. The molecule has 2 aliphatic heterocycles. The van der Waals surface area contributed by atoms with Crippen LogP contribution in [0.15, 0.2) is 24.3 Å². The molecule has 3 aliphatic rings. The number of hydrogen-bond acceptors (Lipinski definition) is 4. The number of benzene rings is 1. The van der Waals surface area contributed by atoms with E-state index in [4.69, 9.17) is 14.2 Å². The summed E-state index contributed by atoms with van der Waals surface area (Å²) >= 11 is 0. The van der Waals surface area contributed by atoms with Crippen molar-refractivity contribution in [1.29, 1.82) is 0 Å². The number of carbonyl (C=O) groups is 1. The first-order valence-corrected chi connectivity index (χ1v) is 11.8. The summed E-state index contributed by atoms with van der Waals surface area (Å²) in [5, 5.41) is 0. The zero-order valence-corrected chi connectivity index (χ0v) is 20.1. The van der Waals surface area contributed by atoms with E-state index in [1.54, 1.807) is 0 Å². The summed E-state index contributed by atoms with van der Waals surface area (Å²) in [6, 6.07) is 8.64. The minimum atomic E-state index is -0.480. The number of ether oxygens (including phenoxy) is 3. The van der Waals surface area contributed by atoms with Gasteiger partial charge in [0.15, 0.2) is 5.79 Å². The van der Waals surface area contributed by atoms with E-state index < -0.39 is 5.79 Å². The molecule has 2 heterocycles. The van der Waals surface area contributed by atoms with Crippen LogP contribution in [0, 0.1) is 5.41 Å². The van der Waals surface area contributed by atoms with Crippen molar-refractivity contribution in [2.24, 2.45) is 5.41 Å². The predicted octanol–water partition coefficient (Wildman–Crippen LogP) is 5.97. The third-order valence-electron chi connectivity index (χ3n) is 7.45. The number of rotatable bonds is 2. The molecule has 31 heavy (non-hydrogen) atoms. The molecule has 1 aromatic rings. The first-order valence-electron chi connectivity index (χ1n) is 11.8. The molecule has 3 fully saturated rings. The topological polar surface area (TPSA) is 48.0 Å². The normalized spacial score (nSPS) is 26.0. The van der Waals surface area contributed by atoms with Gasteiger partial charge in [0.25, 0.3) is 0 Å². The van der Waals surface area contributed by atoms with Crippen molar-refractivity contribution in [1.82, 2.24) is 4.90 Å². The van der Waals surface area contributed by atoms with Crippen LogP contribution in [0.4, 0.5) is 4.79 Å². The molecule has 0 N–H and O–H groups in total. The molecular weight excluding hydrogens is 390 g/mol. The van der Waals surface area contributed by atoms with Gasteiger partial charge in [-0.3, -0.25) is 0 Å². The molecule has 0 radical (unpaired) electrons. The van der Waals surface area contributed by atoms with Gasteiger partial charge >= 0.3 is 6.09 Å². The maximum Gasteiger partial charge on any atom is 0.410 e. The van der Waals surface area contributed by atoms with E-state index in [9.17, 15) is 4.79 Å². The van der Waals surface area contributed by atoms with E-state index in [2.05, 4.69) is 65.8 Å². The lowest BCUT2D eigenvalue weighted by molar-refractivity contribution is -0.320. The Kier molecular flexibility index (Phi) is 5.66. The quantitative estimate of drug-likeness (QED) is 0.581. The van der Waals surface area contributed by atoms with Gasteiger partial charge in [-0.25, -0.2) is 4.79 Å². The fraction of sp³-hybridized carbons (Fsp3) is 0.731. The second-order valence-corrected chi connectivity index (χ2v) is 11.7. The molecule has 0 bridgehead atoms. The fourth-order valence-electron chi connectivity index (χ4n) is 4.97. The molecule has 1 atom stereocenters. The molecule has 4 rings (SSSR count). The summed E-state index contributed by atoms with van der Waals surface area (Å²) in [6.45, 7) is 15.2. The standard InChI is InChI=1S/C26H39NO4/c1-19(20-7-9-21(10-8-20)23(2,3)4)27-16-15-25(31-22(27)28)11-13-26(14-12-25)29-17-24(5,6)18-30-26/h7-10,19H,11-18H2,1-6H3/t19-/m0/s1. The Morgan fingerprint density at radius 1 is 0.935 bits per heavy atom. The summed E-state index contributed by atoms with van der Waals surface area (Å²) in [4.78, 5) is 14.9. The second kappa shape index (κ2) is 7.77. The molecule has 2 saturated heterocycles. The average Bonchev–Trinajstić information content (AvgIpc) is 2.72. The Balaban J connectivity index is 1.36. The van der Waals surface area contributed by atoms with Crippen LogP contribution in [0.5, 0.6) is 0 Å². The van der Waals surface area contributed by atoms with Crippen molar-refractivity contribution < 1.29 is 19.0 Å². The lowest BCUT2D eigenvalue weighted by Gasteiger charge is -2.51. The smallest absolute Gasteiger partial charge is 0.410 e. The molecule has 1 saturated carbocycles. The fourth-order valence-corrected chi connectivity index (χ4v) is 4.97. The molecular formula is C26H39NO4. The first-order chi connectivity index (χ1) is 14.4. The van der Waals surface area contributed by atoms with E-state index in [-0.39, 0.29) is 28.6 Å². The van der Waals surface area contributed by atoms with Crippen LogP contribution >= 0.6 is 0 Å². The van der Waals surface area contributed by atoms with Gasteiger partial charge in [0.2, 0.25) is 0 Å². The van der Waals surface area contributed by atoms with Gasteiger partial charge in [0.1, 0.15) is 5.60 Å². The van der Waals surface area contributed by atoms with Crippen molar-refractivity contribution in [3.8, 4) is 0 Å². The van der Waals surface area contributed by atoms with Crippen LogP contribution < -0.4 is 0 Å². The summed E-state index contributed by atoms with van der Waals surface area (Å²) in [5.74, 6) is -0.480. The van der Waals surface area contributed by atoms with Crippen molar-refractivity contribution >= 4 is 6.09 Å². The summed E-state index contributed by atoms with van der Waals surface area (Å²) < 4.78 is 18.4. The first kappa shape index (κ1) is 22.6. The molecule has 0 unspecified atom stereocenters. The molecule has 1 aliphatic carbocycles. The SMILES string of the molecule is C[C@@H](c1ccc(C(C)(C)C)cc1)N1CCC2(CCC3(CC2)OCC(C)(C)CO3)OC1=O. The van der Waals surface area contributed by atoms with Gasteiger partial charge < -0.3 is 19.1 Å². The summed E-state index contributed by atoms with van der Waals surface area (Å²) in [6.07, 6.45) is 3.87. The van der Waals surface area contributed by atoms with Gasteiger partial charge in [-0.15, -0.1) is 0 Å². The van der Waals surface area contributed by atoms with Crippen LogP contribution in [-0.4, -0.2) is 42.1 Å². The zero-order valence-electron chi connectivity index (χ0n) is 20.1. The van der Waals surface area contributed by atoms with E-state index in [1.165, 1.54) is 5.56 Å². The number of amides is 1. The van der Waals surface area contributed by atoms with Crippen molar-refractivity contribution in [2.75, 3.05) is 19.8 Å². The van der Waals surface area contributed by atoms with Gasteiger partial charge in [-0.05, 0) is 36.3 Å². The summed E-state index contributed by atoms with van der Waals surface area (Å²) in [5.41, 5.74) is 2.27. The third kappa shape index (κ3) is 4.63. The van der Waals surface area contributed by atoms with E-state index in [0.29, 0.717) is 0 Å². The van der Waals surface area contributed by atoms with Crippen molar-refractivity contribution in [3.63, 3.8) is 0 Å². The lowest BCUT2D eigenvalue weighted by atomic mass is 9.77. The van der Waals surface area contributed by atoms with Gasteiger partial charge in [-0.2, -0.15) is 0 Å². The highest BCUT2D eigenvalue weighted by atomic mass is 16.7. The minimum Gasteiger partial charge on any atom is -0.443 e. The molecule has 172 valence electrons. The number of hydrogen-bond donors (Lipinski definition) is 0. The Morgan fingerprint density at radius 2 is 1.52 bits per heavy atom. The second-order valence-electron chi connectivity index (χ2n) is 11.7. The monoisotopic (exact) mass is 429 g/mol. The molecule has 0 aromatic heterocycles. The molecule has 5 nitrogen and oxygen atoms in total. The Morgan fingerprint density at radius 3 is 2.03 bits per heavy atom. The van der Waals surface area contributed by atoms with Gasteiger partial charge in [0.05, 0.1) is 19.3 Å². The Bertz CT molecular complexity index is 788. The van der Waals surface area contributed by atoms with E-state index in [1.807, 2.05) is 4.90 Å². The largest absolute Gasteiger partial charge is 0.443 e. The third-order valence-corrected chi connectivity index (χ3v) is 7.45. The van der Waals surface area contributed by atoms with Gasteiger partial charge in [0, 0.05) is 31.2 Å². The highest BCUT2D eigenvalue weighted by molar-refractivity contribution is 5.70. The number of carbonyl (C=O) groups excluding carboxylic acids is 1. The van der Waals surface area contributed by atoms with Crippen LogP contribution in [0.2, 0.25) is 0 Å². The highest BCUT2D eigenvalue weighted by Gasteiger charge is 2.51. The molecule has 5 heteroatoms. The Hall–Kier alpha value is -1.59. The maximum absolute atomic E-state index is 13.0. The zero-order chi connectivity index (χ0) is 22.5. The van der Waals surface area contributed by atoms with Gasteiger partial charge in [-0.1, -0.05) is 58.9 Å². The van der Waals surface area contributed by atoms with E-state index >= 15 is 0 Å². The maximum atomic E-state index is 13.0. The van der Waals surface area contributed by atoms with Crippen LogP contribution in [-0.2, 0) is 19.6 Å². The molecule has 1 amide bonds. The minimum absolute atomic E-state index is 0.000966. The molecule has 2 spiro atoms. The Labute approximate surface area is 187 Å². The molecule has 1 aromatic carbocycles. The average molecular weight is 430 g/mol. The predicted molar refractivity (Wildman–Crippen MR) is 121 cm³/mol. The van der Waals surface area contributed by atoms with E-state index in [0.717, 1.165) is 57.4 Å². The summed E-state index contributed by atoms with van der Waals surface area (Å²) in [7, 11) is 0. The van der Waals surface area contributed by atoms with Crippen LogP contribution in [0.1, 0.15) is 90.8 Å². The van der Waals surface area contributed by atoms with Crippen LogP contribution in [0.3, 0.4) is 0 Å².